The quantitative estimate of drug-likeness (QED) is 0.137. The van der Waals surface area contributed by atoms with Crippen LogP contribution in [0.15, 0.2) is 84.8 Å². The average molecular weight is 573 g/mol. The van der Waals surface area contributed by atoms with Crippen LogP contribution in [-0.2, 0) is 20.2 Å². The lowest BCUT2D eigenvalue weighted by Gasteiger charge is -2.11. The Morgan fingerprint density at radius 2 is 1.23 bits per heavy atom. The minimum atomic E-state index is -5.02. The van der Waals surface area contributed by atoms with Crippen LogP contribution in [0.2, 0.25) is 0 Å². The molecular formula is C24H20N4O9S2. The lowest BCUT2D eigenvalue weighted by molar-refractivity contribution is 0.457. The van der Waals surface area contributed by atoms with Crippen molar-refractivity contribution in [3.63, 3.8) is 0 Å². The molecule has 0 aliphatic heterocycles. The third-order valence-corrected chi connectivity index (χ3v) is 7.27. The highest BCUT2D eigenvalue weighted by Gasteiger charge is 2.25. The second-order valence-electron chi connectivity index (χ2n) is 8.40. The van der Waals surface area contributed by atoms with E-state index < -0.39 is 47.2 Å². The molecule has 0 amide bonds. The maximum absolute atomic E-state index is 12.1. The summed E-state index contributed by atoms with van der Waals surface area (Å²) < 4.78 is 66.2. The Kier molecular flexibility index (Phi) is 7.10. The molecule has 5 N–H and O–H groups in total. The van der Waals surface area contributed by atoms with E-state index in [2.05, 4.69) is 20.5 Å². The predicted octanol–water partition coefficient (Wildman–Crippen LogP) is 5.90. The van der Waals surface area contributed by atoms with Gasteiger partial charge >= 0.3 is 0 Å². The van der Waals surface area contributed by atoms with Gasteiger partial charge in [0.15, 0.2) is 5.75 Å². The molecule has 202 valence electrons. The number of azo groups is 2. The molecule has 39 heavy (non-hydrogen) atoms. The van der Waals surface area contributed by atoms with Crippen LogP contribution >= 0.6 is 0 Å². The van der Waals surface area contributed by atoms with Gasteiger partial charge in [-0.05, 0) is 78.9 Å². The summed E-state index contributed by atoms with van der Waals surface area (Å²) in [5.41, 5.74) is 1.69. The van der Waals surface area contributed by atoms with E-state index in [0.29, 0.717) is 28.6 Å². The Hall–Kier alpha value is -4.44. The van der Waals surface area contributed by atoms with E-state index in [4.69, 9.17) is 0 Å². The van der Waals surface area contributed by atoms with Crippen molar-refractivity contribution in [2.75, 3.05) is 0 Å². The first-order valence-electron chi connectivity index (χ1n) is 10.9. The standard InChI is InChI=1S/C24H20N4O9S2/c1-12-8-19(13(2)7-18(12)26-25-15-3-5-16(29)6-4-15)27-28-23-21(39(35,36)37)10-14-9-17(38(32,33)34)11-20(30)22(14)24(23)31/h3-11,29-31H,1-2H3,(H,32,33,34)(H,35,36,37). The van der Waals surface area contributed by atoms with Crippen LogP contribution in [0.4, 0.5) is 22.7 Å². The highest BCUT2D eigenvalue weighted by atomic mass is 32.2. The SMILES string of the molecule is Cc1cc(N=Nc2c(S(=O)(=O)O)cc3cc(S(=O)(=O)O)cc(O)c3c2O)c(C)cc1N=Nc1ccc(O)cc1. The number of phenols is 3. The van der Waals surface area contributed by atoms with Crippen molar-refractivity contribution < 1.29 is 41.3 Å². The molecular weight excluding hydrogens is 552 g/mol. The van der Waals surface area contributed by atoms with Gasteiger partial charge in [-0.2, -0.15) is 32.2 Å². The van der Waals surface area contributed by atoms with E-state index in [1.54, 1.807) is 38.1 Å². The van der Waals surface area contributed by atoms with Crippen molar-refractivity contribution in [3.8, 4) is 17.2 Å². The van der Waals surface area contributed by atoms with Crippen LogP contribution in [-0.4, -0.2) is 41.3 Å². The number of aromatic hydroxyl groups is 3. The van der Waals surface area contributed by atoms with Crippen LogP contribution in [0.3, 0.4) is 0 Å². The van der Waals surface area contributed by atoms with Crippen molar-refractivity contribution in [2.45, 2.75) is 23.6 Å². The van der Waals surface area contributed by atoms with Gasteiger partial charge in [-0.25, -0.2) is 0 Å². The first kappa shape index (κ1) is 27.6. The summed E-state index contributed by atoms with van der Waals surface area (Å²) in [5.74, 6) is -1.62. The van der Waals surface area contributed by atoms with Crippen LogP contribution in [0, 0.1) is 13.8 Å². The summed E-state index contributed by atoms with van der Waals surface area (Å²) in [4.78, 5) is -1.69. The molecule has 0 heterocycles. The van der Waals surface area contributed by atoms with Gasteiger partial charge in [0.05, 0.1) is 27.3 Å². The fourth-order valence-electron chi connectivity index (χ4n) is 3.62. The zero-order valence-electron chi connectivity index (χ0n) is 20.2. The van der Waals surface area contributed by atoms with E-state index >= 15 is 0 Å². The van der Waals surface area contributed by atoms with Gasteiger partial charge in [-0.3, -0.25) is 9.11 Å². The Morgan fingerprint density at radius 1 is 0.667 bits per heavy atom. The number of hydrogen-bond donors (Lipinski definition) is 5. The number of aryl methyl sites for hydroxylation is 2. The lowest BCUT2D eigenvalue weighted by atomic mass is 10.1. The van der Waals surface area contributed by atoms with Crippen molar-refractivity contribution >= 4 is 53.8 Å². The fourth-order valence-corrected chi connectivity index (χ4v) is 4.81. The Morgan fingerprint density at radius 3 is 1.77 bits per heavy atom. The summed E-state index contributed by atoms with van der Waals surface area (Å²) in [7, 11) is -9.81. The molecule has 0 aliphatic rings. The number of nitrogens with zero attached hydrogens (tertiary/aromatic N) is 4. The molecule has 0 atom stereocenters. The van der Waals surface area contributed by atoms with Gasteiger partial charge < -0.3 is 15.3 Å². The van der Waals surface area contributed by atoms with Crippen LogP contribution in [0.5, 0.6) is 17.2 Å². The maximum atomic E-state index is 12.1. The first-order chi connectivity index (χ1) is 18.1. The van der Waals surface area contributed by atoms with Gasteiger partial charge in [-0.1, -0.05) is 0 Å². The topological polar surface area (TPSA) is 219 Å². The van der Waals surface area contributed by atoms with E-state index in [-0.39, 0.29) is 22.2 Å². The largest absolute Gasteiger partial charge is 0.508 e. The van der Waals surface area contributed by atoms with Gasteiger partial charge in [-0.15, -0.1) is 5.11 Å². The molecule has 4 aromatic carbocycles. The number of phenolic OH excluding ortho intramolecular Hbond substituents is 3. The molecule has 0 unspecified atom stereocenters. The zero-order valence-corrected chi connectivity index (χ0v) is 21.8. The minimum Gasteiger partial charge on any atom is -0.508 e. The van der Waals surface area contributed by atoms with Crippen molar-refractivity contribution in [3.05, 3.63) is 65.7 Å². The number of fused-ring (bicyclic) bond motifs is 1. The number of rotatable bonds is 6. The Balaban J connectivity index is 1.80. The third-order valence-electron chi connectivity index (χ3n) is 5.57. The van der Waals surface area contributed by atoms with E-state index in [0.717, 1.165) is 12.1 Å². The molecule has 0 radical (unpaired) electrons. The van der Waals surface area contributed by atoms with Crippen molar-refractivity contribution in [2.24, 2.45) is 20.5 Å². The molecule has 0 fully saturated rings. The fraction of sp³-hybridized carbons (Fsp3) is 0.0833. The molecule has 0 aliphatic carbocycles. The normalized spacial score (nSPS) is 12.6. The molecule has 0 bridgehead atoms. The summed E-state index contributed by atoms with van der Waals surface area (Å²) in [5, 5.41) is 45.9. The second kappa shape index (κ2) is 10.0. The molecule has 4 rings (SSSR count). The molecule has 15 heteroatoms. The van der Waals surface area contributed by atoms with Crippen LogP contribution in [0.25, 0.3) is 10.8 Å². The van der Waals surface area contributed by atoms with E-state index in [1.165, 1.54) is 12.1 Å². The lowest BCUT2D eigenvalue weighted by Crippen LogP contribution is -2.01. The van der Waals surface area contributed by atoms with Gasteiger partial charge in [0.1, 0.15) is 22.1 Å². The summed E-state index contributed by atoms with van der Waals surface area (Å²) in [6.07, 6.45) is 0. The molecule has 0 spiro atoms. The molecule has 0 aromatic heterocycles. The minimum absolute atomic E-state index is 0.0864. The van der Waals surface area contributed by atoms with Crippen LogP contribution in [0.1, 0.15) is 11.1 Å². The highest BCUT2D eigenvalue weighted by molar-refractivity contribution is 7.86. The summed E-state index contributed by atoms with van der Waals surface area (Å²) in [6, 6.07) is 11.5. The summed E-state index contributed by atoms with van der Waals surface area (Å²) >= 11 is 0. The van der Waals surface area contributed by atoms with E-state index in [9.17, 15) is 41.3 Å². The smallest absolute Gasteiger partial charge is 0.296 e. The highest BCUT2D eigenvalue weighted by Crippen LogP contribution is 2.45. The molecule has 13 nitrogen and oxygen atoms in total. The van der Waals surface area contributed by atoms with Crippen LogP contribution < -0.4 is 0 Å². The Labute approximate surface area is 221 Å². The summed E-state index contributed by atoms with van der Waals surface area (Å²) in [6.45, 7) is 3.38. The maximum Gasteiger partial charge on any atom is 0.296 e. The Bertz CT molecular complexity index is 1900. The number of hydrogen-bond acceptors (Lipinski definition) is 11. The third kappa shape index (κ3) is 5.85. The monoisotopic (exact) mass is 572 g/mol. The first-order valence-corrected chi connectivity index (χ1v) is 13.7. The molecule has 4 aromatic rings. The van der Waals surface area contributed by atoms with Gasteiger partial charge in [0.2, 0.25) is 0 Å². The number of benzene rings is 4. The van der Waals surface area contributed by atoms with Gasteiger partial charge in [0, 0.05) is 6.07 Å². The molecule has 0 saturated carbocycles. The second-order valence-corrected chi connectivity index (χ2v) is 11.2. The van der Waals surface area contributed by atoms with E-state index in [1.807, 2.05) is 0 Å². The van der Waals surface area contributed by atoms with Crippen molar-refractivity contribution in [1.29, 1.82) is 0 Å². The van der Waals surface area contributed by atoms with Crippen molar-refractivity contribution in [1.82, 2.24) is 0 Å². The predicted molar refractivity (Wildman–Crippen MR) is 139 cm³/mol. The van der Waals surface area contributed by atoms with Gasteiger partial charge in [0.25, 0.3) is 20.2 Å². The zero-order chi connectivity index (χ0) is 28.7. The molecule has 0 saturated heterocycles. The average Bonchev–Trinajstić information content (AvgIpc) is 2.83.